The SMILES string of the molecule is CCOc1ccc(-n2c(CNC(CC)c3ccc(Br)cc3)nc3ccccc3c2=O)cc1. The molecule has 0 aliphatic carbocycles. The van der Waals surface area contributed by atoms with Gasteiger partial charge in [0.25, 0.3) is 5.56 Å². The van der Waals surface area contributed by atoms with E-state index >= 15 is 0 Å². The number of fused-ring (bicyclic) bond motifs is 1. The molecule has 0 aliphatic rings. The molecule has 0 aliphatic heterocycles. The van der Waals surface area contributed by atoms with Gasteiger partial charge in [0.05, 0.1) is 29.7 Å². The Bertz CT molecular complexity index is 1250. The Labute approximate surface area is 196 Å². The van der Waals surface area contributed by atoms with Gasteiger partial charge in [0.2, 0.25) is 0 Å². The number of rotatable bonds is 8. The van der Waals surface area contributed by atoms with Crippen LogP contribution in [0.3, 0.4) is 0 Å². The van der Waals surface area contributed by atoms with Crippen molar-refractivity contribution in [1.29, 1.82) is 0 Å². The highest BCUT2D eigenvalue weighted by molar-refractivity contribution is 9.10. The fourth-order valence-electron chi connectivity index (χ4n) is 3.83. The van der Waals surface area contributed by atoms with Gasteiger partial charge < -0.3 is 10.1 Å². The largest absolute Gasteiger partial charge is 0.494 e. The first-order chi connectivity index (χ1) is 15.6. The van der Waals surface area contributed by atoms with Crippen LogP contribution in [0, 0.1) is 0 Å². The quantitative estimate of drug-likeness (QED) is 0.339. The van der Waals surface area contributed by atoms with Crippen LogP contribution in [0.4, 0.5) is 0 Å². The standard InChI is InChI=1S/C26H26BrN3O2/c1-3-23(18-9-11-19(27)12-10-18)28-17-25-29-24-8-6-5-7-22(24)26(31)30(25)20-13-15-21(16-14-20)32-4-2/h5-16,23,28H,3-4,17H2,1-2H3. The second kappa shape index (κ2) is 10.1. The highest BCUT2D eigenvalue weighted by atomic mass is 79.9. The Hall–Kier alpha value is -2.96. The maximum Gasteiger partial charge on any atom is 0.266 e. The molecule has 4 rings (SSSR count). The molecule has 1 unspecified atom stereocenters. The van der Waals surface area contributed by atoms with Crippen molar-refractivity contribution in [2.45, 2.75) is 32.9 Å². The van der Waals surface area contributed by atoms with E-state index in [-0.39, 0.29) is 11.6 Å². The summed E-state index contributed by atoms with van der Waals surface area (Å²) < 4.78 is 8.31. The monoisotopic (exact) mass is 491 g/mol. The topological polar surface area (TPSA) is 56.1 Å². The number of aromatic nitrogens is 2. The smallest absolute Gasteiger partial charge is 0.266 e. The van der Waals surface area contributed by atoms with Gasteiger partial charge in [-0.3, -0.25) is 9.36 Å². The van der Waals surface area contributed by atoms with E-state index in [2.05, 4.69) is 40.3 Å². The third kappa shape index (κ3) is 4.76. The van der Waals surface area contributed by atoms with Gasteiger partial charge in [-0.25, -0.2) is 4.98 Å². The molecule has 0 amide bonds. The molecule has 0 saturated carbocycles. The van der Waals surface area contributed by atoms with Crippen LogP contribution in [0.2, 0.25) is 0 Å². The summed E-state index contributed by atoms with van der Waals surface area (Å²) in [6.45, 7) is 5.15. The lowest BCUT2D eigenvalue weighted by molar-refractivity contribution is 0.340. The summed E-state index contributed by atoms with van der Waals surface area (Å²) in [4.78, 5) is 18.3. The van der Waals surface area contributed by atoms with Gasteiger partial charge in [0, 0.05) is 10.5 Å². The van der Waals surface area contributed by atoms with E-state index in [0.717, 1.165) is 22.3 Å². The number of nitrogens with zero attached hydrogens (tertiary/aromatic N) is 2. The van der Waals surface area contributed by atoms with Crippen LogP contribution >= 0.6 is 15.9 Å². The Morgan fingerprint density at radius 2 is 1.72 bits per heavy atom. The second-order valence-electron chi connectivity index (χ2n) is 7.51. The van der Waals surface area contributed by atoms with Gasteiger partial charge in [-0.2, -0.15) is 0 Å². The molecule has 32 heavy (non-hydrogen) atoms. The second-order valence-corrected chi connectivity index (χ2v) is 8.42. The zero-order valence-corrected chi connectivity index (χ0v) is 19.8. The fourth-order valence-corrected chi connectivity index (χ4v) is 4.09. The molecule has 0 radical (unpaired) electrons. The predicted octanol–water partition coefficient (Wildman–Crippen LogP) is 5.79. The van der Waals surface area contributed by atoms with Crippen molar-refractivity contribution >= 4 is 26.8 Å². The van der Waals surface area contributed by atoms with E-state index < -0.39 is 0 Å². The lowest BCUT2D eigenvalue weighted by Crippen LogP contribution is -2.29. The molecule has 6 heteroatoms. The van der Waals surface area contributed by atoms with Crippen LogP contribution in [-0.2, 0) is 6.54 Å². The van der Waals surface area contributed by atoms with Crippen LogP contribution in [0.15, 0.2) is 82.1 Å². The van der Waals surface area contributed by atoms with Crippen molar-refractivity contribution in [3.05, 3.63) is 99.0 Å². The van der Waals surface area contributed by atoms with E-state index in [1.807, 2.05) is 67.6 Å². The summed E-state index contributed by atoms with van der Waals surface area (Å²) in [5.41, 5.74) is 2.60. The van der Waals surface area contributed by atoms with Gasteiger partial charge in [0.1, 0.15) is 11.6 Å². The van der Waals surface area contributed by atoms with Crippen LogP contribution in [0.1, 0.15) is 37.7 Å². The predicted molar refractivity (Wildman–Crippen MR) is 133 cm³/mol. The molecule has 0 bridgehead atoms. The molecule has 0 spiro atoms. The Kier molecular flexibility index (Phi) is 7.02. The summed E-state index contributed by atoms with van der Waals surface area (Å²) >= 11 is 3.50. The minimum atomic E-state index is -0.0757. The Morgan fingerprint density at radius 1 is 1.00 bits per heavy atom. The molecule has 1 atom stereocenters. The minimum Gasteiger partial charge on any atom is -0.494 e. The average Bonchev–Trinajstić information content (AvgIpc) is 2.82. The van der Waals surface area contributed by atoms with Crippen molar-refractivity contribution < 1.29 is 4.74 Å². The van der Waals surface area contributed by atoms with Crippen LogP contribution in [-0.4, -0.2) is 16.2 Å². The van der Waals surface area contributed by atoms with Gasteiger partial charge in [0.15, 0.2) is 0 Å². The molecule has 4 aromatic rings. The molecule has 164 valence electrons. The van der Waals surface area contributed by atoms with E-state index in [1.54, 1.807) is 4.57 Å². The number of halogens is 1. The minimum absolute atomic E-state index is 0.0757. The van der Waals surface area contributed by atoms with E-state index in [1.165, 1.54) is 5.56 Å². The van der Waals surface area contributed by atoms with Crippen molar-refractivity contribution in [2.24, 2.45) is 0 Å². The number of benzene rings is 3. The average molecular weight is 492 g/mol. The van der Waals surface area contributed by atoms with E-state index in [9.17, 15) is 4.79 Å². The first-order valence-electron chi connectivity index (χ1n) is 10.8. The molecule has 1 aromatic heterocycles. The van der Waals surface area contributed by atoms with Gasteiger partial charge in [-0.15, -0.1) is 0 Å². The number of hydrogen-bond acceptors (Lipinski definition) is 4. The maximum atomic E-state index is 13.4. The summed E-state index contributed by atoms with van der Waals surface area (Å²) in [5.74, 6) is 1.45. The zero-order valence-electron chi connectivity index (χ0n) is 18.2. The summed E-state index contributed by atoms with van der Waals surface area (Å²) in [6, 6.07) is 23.5. The van der Waals surface area contributed by atoms with Crippen LogP contribution in [0.5, 0.6) is 5.75 Å². The van der Waals surface area contributed by atoms with Crippen LogP contribution < -0.4 is 15.6 Å². The van der Waals surface area contributed by atoms with Crippen LogP contribution in [0.25, 0.3) is 16.6 Å². The molecule has 3 aromatic carbocycles. The molecule has 5 nitrogen and oxygen atoms in total. The molecule has 1 heterocycles. The summed E-state index contributed by atoms with van der Waals surface area (Å²) in [7, 11) is 0. The summed E-state index contributed by atoms with van der Waals surface area (Å²) in [5, 5.41) is 4.19. The molecule has 0 fully saturated rings. The fraction of sp³-hybridized carbons (Fsp3) is 0.231. The van der Waals surface area contributed by atoms with Crippen molar-refractivity contribution in [1.82, 2.24) is 14.9 Å². The van der Waals surface area contributed by atoms with Gasteiger partial charge in [-0.05, 0) is 67.4 Å². The first kappa shape index (κ1) is 22.2. The Morgan fingerprint density at radius 3 is 2.41 bits per heavy atom. The van der Waals surface area contributed by atoms with E-state index in [0.29, 0.717) is 29.9 Å². The molecule has 0 saturated heterocycles. The third-order valence-corrected chi connectivity index (χ3v) is 5.97. The molecular weight excluding hydrogens is 466 g/mol. The third-order valence-electron chi connectivity index (χ3n) is 5.44. The Balaban J connectivity index is 1.73. The number of nitrogens with one attached hydrogen (secondary N) is 1. The van der Waals surface area contributed by atoms with Gasteiger partial charge in [-0.1, -0.05) is 47.1 Å². The van der Waals surface area contributed by atoms with Crippen molar-refractivity contribution in [3.8, 4) is 11.4 Å². The number of para-hydroxylation sites is 1. The normalized spacial score (nSPS) is 12.1. The summed E-state index contributed by atoms with van der Waals surface area (Å²) in [6.07, 6.45) is 0.919. The highest BCUT2D eigenvalue weighted by Gasteiger charge is 2.15. The lowest BCUT2D eigenvalue weighted by Gasteiger charge is -2.20. The number of hydrogen-bond donors (Lipinski definition) is 1. The zero-order chi connectivity index (χ0) is 22.5. The number of ether oxygens (including phenoxy) is 1. The lowest BCUT2D eigenvalue weighted by atomic mass is 10.0. The highest BCUT2D eigenvalue weighted by Crippen LogP contribution is 2.21. The van der Waals surface area contributed by atoms with Gasteiger partial charge >= 0.3 is 0 Å². The van der Waals surface area contributed by atoms with Crippen molar-refractivity contribution in [2.75, 3.05) is 6.61 Å². The van der Waals surface area contributed by atoms with E-state index in [4.69, 9.17) is 9.72 Å². The molecular formula is C26H26BrN3O2. The van der Waals surface area contributed by atoms with Crippen molar-refractivity contribution in [3.63, 3.8) is 0 Å². The molecule has 1 N–H and O–H groups in total. The first-order valence-corrected chi connectivity index (χ1v) is 11.6. The maximum absolute atomic E-state index is 13.4.